The van der Waals surface area contributed by atoms with Gasteiger partial charge in [0.15, 0.2) is 0 Å². The van der Waals surface area contributed by atoms with Gasteiger partial charge >= 0.3 is 0 Å². The Hall–Kier alpha value is -1.77. The van der Waals surface area contributed by atoms with Crippen LogP contribution in [0.4, 0.5) is 5.82 Å². The number of hydrogen-bond acceptors (Lipinski definition) is 2. The second kappa shape index (κ2) is 4.16. The van der Waals surface area contributed by atoms with Crippen LogP contribution in [-0.4, -0.2) is 15.8 Å². The van der Waals surface area contributed by atoms with Crippen LogP contribution in [-0.2, 0) is 0 Å². The molecule has 1 N–H and O–H groups in total. The Labute approximate surface area is 108 Å². The Morgan fingerprint density at radius 2 is 1.94 bits per heavy atom. The fraction of sp³-hybridized carbons (Fsp3) is 0.400. The van der Waals surface area contributed by atoms with E-state index in [1.807, 2.05) is 0 Å². The zero-order chi connectivity index (χ0) is 12.7. The smallest absolute Gasteiger partial charge is 0.125 e. The molecule has 0 radical (unpaired) electrons. The number of anilines is 1. The highest BCUT2D eigenvalue weighted by molar-refractivity contribution is 5.63. The number of rotatable bonds is 1. The molecule has 1 aromatic carbocycles. The van der Waals surface area contributed by atoms with Gasteiger partial charge in [0.05, 0.1) is 11.7 Å². The molecule has 1 aromatic heterocycles. The van der Waals surface area contributed by atoms with Gasteiger partial charge in [0.1, 0.15) is 5.82 Å². The molecule has 2 heterocycles. The van der Waals surface area contributed by atoms with Crippen LogP contribution < -0.4 is 5.32 Å². The molecule has 0 saturated heterocycles. The molecule has 0 bridgehead atoms. The Kier molecular flexibility index (Phi) is 2.62. The van der Waals surface area contributed by atoms with Crippen molar-refractivity contribution >= 4 is 5.82 Å². The molecule has 0 aliphatic carbocycles. The van der Waals surface area contributed by atoms with Crippen LogP contribution >= 0.6 is 0 Å². The molecule has 1 aliphatic heterocycles. The van der Waals surface area contributed by atoms with Gasteiger partial charge in [-0.3, -0.25) is 0 Å². The number of aromatic nitrogens is 2. The van der Waals surface area contributed by atoms with Crippen LogP contribution in [0.15, 0.2) is 30.3 Å². The second-order valence-electron chi connectivity index (χ2n) is 5.36. The number of nitrogens with one attached hydrogen (secondary N) is 1. The Bertz CT molecular complexity index is 554. The first kappa shape index (κ1) is 11.3. The van der Waals surface area contributed by atoms with Crippen molar-refractivity contribution in [3.05, 3.63) is 35.9 Å². The lowest BCUT2D eigenvalue weighted by Gasteiger charge is -2.27. The van der Waals surface area contributed by atoms with E-state index in [4.69, 9.17) is 5.10 Å². The molecule has 3 heteroatoms. The normalized spacial score (nSPS) is 22.4. The van der Waals surface area contributed by atoms with Crippen LogP contribution in [0.2, 0.25) is 0 Å². The van der Waals surface area contributed by atoms with E-state index in [1.54, 1.807) is 0 Å². The molecule has 0 spiro atoms. The average Bonchev–Trinajstić information content (AvgIpc) is 2.74. The number of hydrogen-bond donors (Lipinski definition) is 1. The van der Waals surface area contributed by atoms with Gasteiger partial charge in [0.2, 0.25) is 0 Å². The van der Waals surface area contributed by atoms with Crippen LogP contribution in [0.1, 0.15) is 31.9 Å². The van der Waals surface area contributed by atoms with E-state index in [0.717, 1.165) is 17.9 Å². The van der Waals surface area contributed by atoms with Gasteiger partial charge in [0, 0.05) is 17.7 Å². The summed E-state index contributed by atoms with van der Waals surface area (Å²) in [5.41, 5.74) is 3.52. The van der Waals surface area contributed by atoms with Crippen LogP contribution in [0.3, 0.4) is 0 Å². The van der Waals surface area contributed by atoms with E-state index in [2.05, 4.69) is 61.1 Å². The van der Waals surface area contributed by atoms with Crippen molar-refractivity contribution in [2.24, 2.45) is 0 Å². The van der Waals surface area contributed by atoms with E-state index in [-0.39, 0.29) is 0 Å². The lowest BCUT2D eigenvalue weighted by molar-refractivity contribution is 0.415. The molecule has 2 unspecified atom stereocenters. The first-order valence-electron chi connectivity index (χ1n) is 6.56. The third kappa shape index (κ3) is 1.90. The molecule has 94 valence electrons. The van der Waals surface area contributed by atoms with Crippen molar-refractivity contribution in [2.75, 3.05) is 5.32 Å². The van der Waals surface area contributed by atoms with Crippen LogP contribution in [0, 0.1) is 6.92 Å². The van der Waals surface area contributed by atoms with Gasteiger partial charge in [0.25, 0.3) is 0 Å². The molecule has 3 nitrogen and oxygen atoms in total. The molecule has 0 saturated carbocycles. The standard InChI is InChI=1S/C15H19N3/c1-10-4-6-13(7-5-10)14-9-15-16-11(2)8-12(3)18(15)17-14/h4-7,9,11-12,16H,8H2,1-3H3. The highest BCUT2D eigenvalue weighted by Gasteiger charge is 2.22. The molecule has 18 heavy (non-hydrogen) atoms. The molecule has 1 aliphatic rings. The number of aryl methyl sites for hydroxylation is 1. The monoisotopic (exact) mass is 241 g/mol. The quantitative estimate of drug-likeness (QED) is 0.826. The van der Waals surface area contributed by atoms with Gasteiger partial charge < -0.3 is 5.32 Å². The van der Waals surface area contributed by atoms with Crippen LogP contribution in [0.5, 0.6) is 0 Å². The predicted octanol–water partition coefficient (Wildman–Crippen LogP) is 3.62. The van der Waals surface area contributed by atoms with Gasteiger partial charge in [-0.1, -0.05) is 29.8 Å². The molecule has 0 fully saturated rings. The summed E-state index contributed by atoms with van der Waals surface area (Å²) in [5.74, 6) is 1.14. The Morgan fingerprint density at radius 3 is 2.67 bits per heavy atom. The van der Waals surface area contributed by atoms with Gasteiger partial charge in [-0.05, 0) is 27.2 Å². The first-order chi connectivity index (χ1) is 8.63. The summed E-state index contributed by atoms with van der Waals surface area (Å²) in [4.78, 5) is 0. The van der Waals surface area contributed by atoms with E-state index in [1.165, 1.54) is 11.1 Å². The highest BCUT2D eigenvalue weighted by Crippen LogP contribution is 2.30. The van der Waals surface area contributed by atoms with Gasteiger partial charge in [-0.2, -0.15) is 5.10 Å². The Balaban J connectivity index is 2.00. The largest absolute Gasteiger partial charge is 0.368 e. The summed E-state index contributed by atoms with van der Waals surface area (Å²) in [6, 6.07) is 11.7. The zero-order valence-corrected chi connectivity index (χ0v) is 11.1. The highest BCUT2D eigenvalue weighted by atomic mass is 15.4. The third-order valence-electron chi connectivity index (χ3n) is 3.59. The lowest BCUT2D eigenvalue weighted by atomic mass is 10.1. The van der Waals surface area contributed by atoms with Gasteiger partial charge in [-0.25, -0.2) is 4.68 Å². The SMILES string of the molecule is Cc1ccc(-c2cc3n(n2)C(C)CC(C)N3)cc1. The molecule has 3 rings (SSSR count). The molecular formula is C15H19N3. The van der Waals surface area contributed by atoms with Crippen molar-refractivity contribution in [2.45, 2.75) is 39.3 Å². The fourth-order valence-electron chi connectivity index (χ4n) is 2.63. The zero-order valence-electron chi connectivity index (χ0n) is 11.1. The fourth-order valence-corrected chi connectivity index (χ4v) is 2.63. The van der Waals surface area contributed by atoms with E-state index >= 15 is 0 Å². The van der Waals surface area contributed by atoms with Crippen LogP contribution in [0.25, 0.3) is 11.3 Å². The average molecular weight is 241 g/mol. The maximum Gasteiger partial charge on any atom is 0.125 e. The topological polar surface area (TPSA) is 29.9 Å². The minimum atomic E-state index is 0.468. The summed E-state index contributed by atoms with van der Waals surface area (Å²) >= 11 is 0. The van der Waals surface area contributed by atoms with Crippen molar-refractivity contribution in [3.63, 3.8) is 0 Å². The number of nitrogens with zero attached hydrogens (tertiary/aromatic N) is 2. The van der Waals surface area contributed by atoms with Gasteiger partial charge in [-0.15, -0.1) is 0 Å². The lowest BCUT2D eigenvalue weighted by Crippen LogP contribution is -2.28. The Morgan fingerprint density at radius 1 is 1.22 bits per heavy atom. The molecule has 0 amide bonds. The maximum atomic E-state index is 4.72. The van der Waals surface area contributed by atoms with Crippen molar-refractivity contribution in [1.29, 1.82) is 0 Å². The number of benzene rings is 1. The predicted molar refractivity (Wildman–Crippen MR) is 74.8 cm³/mol. The molecular weight excluding hydrogens is 222 g/mol. The first-order valence-corrected chi connectivity index (χ1v) is 6.56. The summed E-state index contributed by atoms with van der Waals surface area (Å²) in [5, 5.41) is 8.21. The van der Waals surface area contributed by atoms with Crippen molar-refractivity contribution < 1.29 is 0 Å². The second-order valence-corrected chi connectivity index (χ2v) is 5.36. The molecule has 2 atom stereocenters. The summed E-state index contributed by atoms with van der Waals surface area (Å²) in [7, 11) is 0. The van der Waals surface area contributed by atoms with Crippen molar-refractivity contribution in [1.82, 2.24) is 9.78 Å². The molecule has 2 aromatic rings. The third-order valence-corrected chi connectivity index (χ3v) is 3.59. The van der Waals surface area contributed by atoms with E-state index < -0.39 is 0 Å². The minimum Gasteiger partial charge on any atom is -0.368 e. The summed E-state index contributed by atoms with van der Waals surface area (Å²) in [6.45, 7) is 6.55. The summed E-state index contributed by atoms with van der Waals surface area (Å²) in [6.07, 6.45) is 1.13. The van der Waals surface area contributed by atoms with E-state index in [0.29, 0.717) is 12.1 Å². The number of fused-ring (bicyclic) bond motifs is 1. The van der Waals surface area contributed by atoms with Crippen molar-refractivity contribution in [3.8, 4) is 11.3 Å². The summed E-state index contributed by atoms with van der Waals surface area (Å²) < 4.78 is 2.11. The minimum absolute atomic E-state index is 0.468. The van der Waals surface area contributed by atoms with E-state index in [9.17, 15) is 0 Å². The maximum absolute atomic E-state index is 4.72.